The lowest BCUT2D eigenvalue weighted by Gasteiger charge is -2.44. The van der Waals surface area contributed by atoms with Crippen molar-refractivity contribution < 1.29 is 18.7 Å². The van der Waals surface area contributed by atoms with Crippen LogP contribution in [0.2, 0.25) is 0 Å². The summed E-state index contributed by atoms with van der Waals surface area (Å²) in [4.78, 5) is 19.4. The molecular weight excluding hydrogens is 450 g/mol. The molecule has 0 spiro atoms. The molecule has 35 heavy (non-hydrogen) atoms. The normalized spacial score (nSPS) is 14.4. The van der Waals surface area contributed by atoms with E-state index >= 15 is 0 Å². The van der Waals surface area contributed by atoms with Crippen LogP contribution in [0.3, 0.4) is 0 Å². The summed E-state index contributed by atoms with van der Waals surface area (Å²) in [6.07, 6.45) is 1.68. The van der Waals surface area contributed by atoms with Gasteiger partial charge in [0.2, 0.25) is 5.91 Å². The first kappa shape index (κ1) is 26.5. The van der Waals surface area contributed by atoms with Gasteiger partial charge < -0.3 is 20.3 Å². The molecule has 0 aliphatic carbocycles. The number of nitrogens with zero attached hydrogens (tertiary/aromatic N) is 3. The second-order valence-corrected chi connectivity index (χ2v) is 10.0. The number of aliphatic hydroxyl groups is 1. The average molecular weight is 485 g/mol. The smallest absolute Gasteiger partial charge is 0.249 e. The summed E-state index contributed by atoms with van der Waals surface area (Å²) >= 11 is 0. The van der Waals surface area contributed by atoms with Gasteiger partial charge in [-0.1, -0.05) is 51.1 Å². The molecule has 0 saturated carbocycles. The van der Waals surface area contributed by atoms with Crippen LogP contribution in [0.15, 0.2) is 54.7 Å². The predicted octanol–water partition coefficient (Wildman–Crippen LogP) is 4.52. The van der Waals surface area contributed by atoms with Crippen LogP contribution in [0.4, 0.5) is 8.78 Å². The van der Waals surface area contributed by atoms with Gasteiger partial charge in [0.05, 0.1) is 11.7 Å². The molecule has 0 radical (unpaired) electrons. The Morgan fingerprint density at radius 3 is 2.37 bits per heavy atom. The fourth-order valence-electron chi connectivity index (χ4n) is 4.25. The lowest BCUT2D eigenvalue weighted by Crippen LogP contribution is -2.53. The summed E-state index contributed by atoms with van der Waals surface area (Å²) in [6.45, 7) is 9.24. The number of nitrogens with two attached hydrogens (primary N) is 1. The maximum atomic E-state index is 14.7. The zero-order chi connectivity index (χ0) is 25.9. The predicted molar refractivity (Wildman–Crippen MR) is 132 cm³/mol. The number of amides is 1. The van der Waals surface area contributed by atoms with Crippen molar-refractivity contribution in [2.45, 2.75) is 59.3 Å². The molecule has 8 heteroatoms. The maximum Gasteiger partial charge on any atom is 0.249 e. The fourth-order valence-corrected chi connectivity index (χ4v) is 4.25. The molecule has 188 valence electrons. The maximum absolute atomic E-state index is 14.7. The third-order valence-corrected chi connectivity index (χ3v) is 6.17. The van der Waals surface area contributed by atoms with Crippen LogP contribution >= 0.6 is 0 Å². The fraction of sp³-hybridized carbons (Fsp3) is 0.407. The van der Waals surface area contributed by atoms with Gasteiger partial charge in [0, 0.05) is 30.4 Å². The van der Waals surface area contributed by atoms with Gasteiger partial charge in [-0.25, -0.2) is 13.8 Å². The zero-order valence-electron chi connectivity index (χ0n) is 20.9. The van der Waals surface area contributed by atoms with E-state index in [2.05, 4.69) is 0 Å². The standard InChI is InChI=1S/C27H34F2N4O2/c1-17(30)18(2)33(24(35)16-34)25(27(3,4)5)26-31-23(21-13-20(28)11-12-22(21)29)15-32(26)14-19-9-7-6-8-10-19/h6-13,15,17-18,25,34H,14,16,30H2,1-5H3/t17-,18?,25+/m1/s1. The topological polar surface area (TPSA) is 84.4 Å². The third kappa shape index (κ3) is 5.94. The number of hydrogen-bond donors (Lipinski definition) is 2. The molecule has 2 aromatic carbocycles. The largest absolute Gasteiger partial charge is 0.387 e. The van der Waals surface area contributed by atoms with Crippen molar-refractivity contribution in [1.29, 1.82) is 0 Å². The molecule has 3 N–H and O–H groups in total. The summed E-state index contributed by atoms with van der Waals surface area (Å²) in [5.41, 5.74) is 6.92. The van der Waals surface area contributed by atoms with E-state index in [9.17, 15) is 18.7 Å². The highest BCUT2D eigenvalue weighted by molar-refractivity contribution is 5.78. The number of hydrogen-bond acceptors (Lipinski definition) is 4. The highest BCUT2D eigenvalue weighted by Crippen LogP contribution is 2.40. The minimum Gasteiger partial charge on any atom is -0.387 e. The van der Waals surface area contributed by atoms with Crippen LogP contribution in [0.1, 0.15) is 52.0 Å². The molecule has 0 fully saturated rings. The number of aliphatic hydroxyl groups excluding tert-OH is 1. The van der Waals surface area contributed by atoms with Crippen molar-refractivity contribution in [2.24, 2.45) is 11.1 Å². The highest BCUT2D eigenvalue weighted by Gasteiger charge is 2.41. The van der Waals surface area contributed by atoms with E-state index in [0.29, 0.717) is 12.4 Å². The van der Waals surface area contributed by atoms with Crippen LogP contribution in [0, 0.1) is 17.0 Å². The van der Waals surface area contributed by atoms with Crippen molar-refractivity contribution in [2.75, 3.05) is 6.61 Å². The molecule has 0 saturated heterocycles. The van der Waals surface area contributed by atoms with E-state index in [1.165, 1.54) is 0 Å². The molecule has 0 aliphatic rings. The Morgan fingerprint density at radius 1 is 1.14 bits per heavy atom. The van der Waals surface area contributed by atoms with Crippen molar-refractivity contribution in [3.05, 3.63) is 77.8 Å². The average Bonchev–Trinajstić information content (AvgIpc) is 3.20. The summed E-state index contributed by atoms with van der Waals surface area (Å²) in [6, 6.07) is 11.5. The van der Waals surface area contributed by atoms with Crippen molar-refractivity contribution in [3.8, 4) is 11.3 Å². The van der Waals surface area contributed by atoms with Crippen molar-refractivity contribution in [1.82, 2.24) is 14.5 Å². The van der Waals surface area contributed by atoms with Gasteiger partial charge >= 0.3 is 0 Å². The molecule has 0 aliphatic heterocycles. The number of imidazole rings is 1. The van der Waals surface area contributed by atoms with Gasteiger partial charge in [-0.2, -0.15) is 0 Å². The number of benzene rings is 2. The minimum absolute atomic E-state index is 0.0333. The zero-order valence-corrected chi connectivity index (χ0v) is 20.9. The lowest BCUT2D eigenvalue weighted by atomic mass is 9.83. The van der Waals surface area contributed by atoms with E-state index in [4.69, 9.17) is 10.7 Å². The van der Waals surface area contributed by atoms with Crippen LogP contribution in [-0.4, -0.2) is 44.2 Å². The van der Waals surface area contributed by atoms with Gasteiger partial charge in [-0.3, -0.25) is 4.79 Å². The second kappa shape index (κ2) is 10.7. The molecule has 1 amide bonds. The molecule has 1 unspecified atom stereocenters. The monoisotopic (exact) mass is 484 g/mol. The quantitative estimate of drug-likeness (QED) is 0.492. The Labute approximate surface area is 205 Å². The summed E-state index contributed by atoms with van der Waals surface area (Å²) in [5.74, 6) is -1.16. The molecular formula is C27H34F2N4O2. The van der Waals surface area contributed by atoms with Crippen LogP contribution in [0.5, 0.6) is 0 Å². The molecule has 6 nitrogen and oxygen atoms in total. The third-order valence-electron chi connectivity index (χ3n) is 6.17. The lowest BCUT2D eigenvalue weighted by molar-refractivity contribution is -0.143. The summed E-state index contributed by atoms with van der Waals surface area (Å²) < 4.78 is 30.6. The molecule has 3 atom stereocenters. The van der Waals surface area contributed by atoms with E-state index in [1.54, 1.807) is 18.0 Å². The molecule has 0 bridgehead atoms. The Bertz CT molecular complexity index is 1160. The van der Waals surface area contributed by atoms with Crippen molar-refractivity contribution in [3.63, 3.8) is 0 Å². The molecule has 1 aromatic heterocycles. The Morgan fingerprint density at radius 2 is 1.80 bits per heavy atom. The SMILES string of the molecule is CC([C@@H](C)N)N(C(=O)CO)[C@@H](c1nc(-c2cc(F)ccc2F)cn1Cc1ccccc1)C(C)(C)C. The van der Waals surface area contributed by atoms with E-state index in [0.717, 1.165) is 23.8 Å². The van der Waals surface area contributed by atoms with Gasteiger partial charge in [-0.15, -0.1) is 0 Å². The van der Waals surface area contributed by atoms with E-state index in [1.807, 2.05) is 62.6 Å². The Kier molecular flexibility index (Phi) is 8.07. The van der Waals surface area contributed by atoms with Crippen LogP contribution < -0.4 is 5.73 Å². The first-order chi connectivity index (χ1) is 16.4. The molecule has 3 rings (SSSR count). The number of aromatic nitrogens is 2. The second-order valence-electron chi connectivity index (χ2n) is 10.0. The van der Waals surface area contributed by atoms with Gasteiger partial charge in [0.15, 0.2) is 0 Å². The molecule has 1 heterocycles. The minimum atomic E-state index is -0.686. The van der Waals surface area contributed by atoms with Gasteiger partial charge in [-0.05, 0) is 43.0 Å². The van der Waals surface area contributed by atoms with Crippen LogP contribution in [0.25, 0.3) is 11.3 Å². The molecule has 3 aromatic rings. The summed E-state index contributed by atoms with van der Waals surface area (Å²) in [5, 5.41) is 9.80. The first-order valence-corrected chi connectivity index (χ1v) is 11.7. The Balaban J connectivity index is 2.26. The van der Waals surface area contributed by atoms with E-state index < -0.39 is 41.6 Å². The van der Waals surface area contributed by atoms with E-state index in [-0.39, 0.29) is 17.3 Å². The number of carbonyl (C=O) groups excluding carboxylic acids is 1. The van der Waals surface area contributed by atoms with Crippen molar-refractivity contribution >= 4 is 5.91 Å². The number of halogens is 2. The number of rotatable bonds is 8. The van der Waals surface area contributed by atoms with Gasteiger partial charge in [0.25, 0.3) is 0 Å². The van der Waals surface area contributed by atoms with Gasteiger partial charge in [0.1, 0.15) is 24.1 Å². The Hall–Kier alpha value is -3.10. The number of carbonyl (C=O) groups is 1. The first-order valence-electron chi connectivity index (χ1n) is 11.7. The highest BCUT2D eigenvalue weighted by atomic mass is 19.1. The van der Waals surface area contributed by atoms with Crippen LogP contribution in [-0.2, 0) is 11.3 Å². The summed E-state index contributed by atoms with van der Waals surface area (Å²) in [7, 11) is 0.